The lowest BCUT2D eigenvalue weighted by molar-refractivity contribution is 0.160. The summed E-state index contributed by atoms with van der Waals surface area (Å²) in [5, 5.41) is 3.47. The van der Waals surface area contributed by atoms with E-state index in [2.05, 4.69) is 42.3 Å². The molecular weight excluding hydrogens is 232 g/mol. The minimum Gasteiger partial charge on any atom is -0.314 e. The van der Waals surface area contributed by atoms with Crippen LogP contribution in [0.5, 0.6) is 0 Å². The Bertz CT molecular complexity index is 431. The van der Waals surface area contributed by atoms with E-state index in [4.69, 9.17) is 0 Å². The minimum absolute atomic E-state index is 0.648. The van der Waals surface area contributed by atoms with Crippen molar-refractivity contribution in [1.82, 2.24) is 10.2 Å². The number of piperazine rings is 1. The second-order valence-corrected chi connectivity index (χ2v) is 6.34. The van der Waals surface area contributed by atoms with Crippen molar-refractivity contribution in [2.75, 3.05) is 26.2 Å². The van der Waals surface area contributed by atoms with Crippen LogP contribution in [0, 0.1) is 19.8 Å². The lowest BCUT2D eigenvalue weighted by Gasteiger charge is -2.36. The molecule has 0 unspecified atom stereocenters. The number of nitrogens with one attached hydrogen (secondary N) is 1. The van der Waals surface area contributed by atoms with Crippen LogP contribution in [0.4, 0.5) is 0 Å². The maximum absolute atomic E-state index is 3.47. The third-order valence-corrected chi connectivity index (χ3v) is 4.63. The van der Waals surface area contributed by atoms with Crippen LogP contribution in [0.15, 0.2) is 18.2 Å². The van der Waals surface area contributed by atoms with Gasteiger partial charge in [0.1, 0.15) is 0 Å². The molecule has 1 saturated heterocycles. The summed E-state index contributed by atoms with van der Waals surface area (Å²) in [6.07, 6.45) is 4.27. The highest BCUT2D eigenvalue weighted by atomic mass is 15.2. The molecule has 1 aliphatic heterocycles. The summed E-state index contributed by atoms with van der Waals surface area (Å²) < 4.78 is 0. The molecule has 2 aliphatic rings. The Labute approximate surface area is 117 Å². The van der Waals surface area contributed by atoms with E-state index in [-0.39, 0.29) is 0 Å². The van der Waals surface area contributed by atoms with Gasteiger partial charge in [-0.1, -0.05) is 36.6 Å². The van der Waals surface area contributed by atoms with E-state index >= 15 is 0 Å². The standard InChI is InChI=1S/C17H26N2/c1-13-3-6-16(14(2)11-13)17(12-15-4-5-15)19-9-7-18-8-10-19/h3,6,11,15,17-18H,4-5,7-10,12H2,1-2H3/t17-/m1/s1. The zero-order chi connectivity index (χ0) is 13.2. The van der Waals surface area contributed by atoms with Crippen molar-refractivity contribution in [2.24, 2.45) is 5.92 Å². The number of hydrogen-bond donors (Lipinski definition) is 1. The second-order valence-electron chi connectivity index (χ2n) is 6.34. The molecule has 3 rings (SSSR count). The lowest BCUT2D eigenvalue weighted by atomic mass is 9.93. The van der Waals surface area contributed by atoms with Gasteiger partial charge < -0.3 is 5.32 Å². The van der Waals surface area contributed by atoms with Gasteiger partial charge >= 0.3 is 0 Å². The first-order valence-corrected chi connectivity index (χ1v) is 7.76. The SMILES string of the molecule is Cc1ccc([C@@H](CC2CC2)N2CCNCC2)c(C)c1. The number of benzene rings is 1. The van der Waals surface area contributed by atoms with Gasteiger partial charge in [0, 0.05) is 32.2 Å². The molecule has 1 heterocycles. The lowest BCUT2D eigenvalue weighted by Crippen LogP contribution is -2.45. The van der Waals surface area contributed by atoms with Gasteiger partial charge in [0.25, 0.3) is 0 Å². The Kier molecular flexibility index (Phi) is 3.90. The van der Waals surface area contributed by atoms with E-state index < -0.39 is 0 Å². The Balaban J connectivity index is 1.83. The molecule has 0 aromatic heterocycles. The number of nitrogens with zero attached hydrogens (tertiary/aromatic N) is 1. The van der Waals surface area contributed by atoms with E-state index in [1.165, 1.54) is 43.5 Å². The van der Waals surface area contributed by atoms with Crippen molar-refractivity contribution >= 4 is 0 Å². The first kappa shape index (κ1) is 13.1. The summed E-state index contributed by atoms with van der Waals surface area (Å²) in [6.45, 7) is 9.16. The molecule has 1 atom stereocenters. The predicted molar refractivity (Wildman–Crippen MR) is 80.4 cm³/mol. The topological polar surface area (TPSA) is 15.3 Å². The molecule has 0 amide bonds. The molecule has 104 valence electrons. The molecule has 1 aromatic carbocycles. The van der Waals surface area contributed by atoms with E-state index in [1.54, 1.807) is 5.56 Å². The predicted octanol–water partition coefficient (Wildman–Crippen LogP) is 3.05. The smallest absolute Gasteiger partial charge is 0.0354 e. The summed E-state index contributed by atoms with van der Waals surface area (Å²) in [4.78, 5) is 2.70. The molecule has 2 fully saturated rings. The van der Waals surface area contributed by atoms with Gasteiger partial charge in [-0.2, -0.15) is 0 Å². The van der Waals surface area contributed by atoms with Crippen LogP contribution >= 0.6 is 0 Å². The second kappa shape index (κ2) is 5.64. The first-order chi connectivity index (χ1) is 9.24. The summed E-state index contributed by atoms with van der Waals surface area (Å²) in [6, 6.07) is 7.65. The van der Waals surface area contributed by atoms with Crippen LogP contribution in [0.3, 0.4) is 0 Å². The van der Waals surface area contributed by atoms with Crippen LogP contribution < -0.4 is 5.32 Å². The van der Waals surface area contributed by atoms with Crippen LogP contribution in [0.25, 0.3) is 0 Å². The van der Waals surface area contributed by atoms with Gasteiger partial charge in [-0.25, -0.2) is 0 Å². The van der Waals surface area contributed by atoms with E-state index in [9.17, 15) is 0 Å². The normalized spacial score (nSPS) is 22.4. The monoisotopic (exact) mass is 258 g/mol. The van der Waals surface area contributed by atoms with Gasteiger partial charge in [-0.05, 0) is 37.3 Å². The van der Waals surface area contributed by atoms with E-state index in [0.717, 1.165) is 19.0 Å². The fraction of sp³-hybridized carbons (Fsp3) is 0.647. The van der Waals surface area contributed by atoms with Crippen molar-refractivity contribution in [3.8, 4) is 0 Å². The fourth-order valence-electron chi connectivity index (χ4n) is 3.34. The van der Waals surface area contributed by atoms with Crippen molar-refractivity contribution < 1.29 is 0 Å². The van der Waals surface area contributed by atoms with Gasteiger partial charge in [0.15, 0.2) is 0 Å². The molecule has 1 aromatic rings. The molecule has 2 heteroatoms. The van der Waals surface area contributed by atoms with Crippen LogP contribution in [0.1, 0.15) is 42.0 Å². The molecule has 0 spiro atoms. The number of aryl methyl sites for hydroxylation is 2. The van der Waals surface area contributed by atoms with Gasteiger partial charge in [0.2, 0.25) is 0 Å². The van der Waals surface area contributed by atoms with Crippen molar-refractivity contribution in [1.29, 1.82) is 0 Å². The number of rotatable bonds is 4. The average molecular weight is 258 g/mol. The van der Waals surface area contributed by atoms with Gasteiger partial charge in [-0.15, -0.1) is 0 Å². The van der Waals surface area contributed by atoms with Crippen molar-refractivity contribution in [3.05, 3.63) is 34.9 Å². The molecule has 19 heavy (non-hydrogen) atoms. The van der Waals surface area contributed by atoms with Crippen molar-refractivity contribution in [3.63, 3.8) is 0 Å². The van der Waals surface area contributed by atoms with E-state index in [0.29, 0.717) is 6.04 Å². The highest BCUT2D eigenvalue weighted by molar-refractivity contribution is 5.33. The summed E-state index contributed by atoms with van der Waals surface area (Å²) in [5.41, 5.74) is 4.43. The first-order valence-electron chi connectivity index (χ1n) is 7.76. The molecule has 0 radical (unpaired) electrons. The summed E-state index contributed by atoms with van der Waals surface area (Å²) in [7, 11) is 0. The van der Waals surface area contributed by atoms with Gasteiger partial charge in [-0.3, -0.25) is 4.90 Å². The maximum atomic E-state index is 3.47. The Hall–Kier alpha value is -0.860. The molecule has 1 saturated carbocycles. The molecule has 0 bridgehead atoms. The molecule has 1 N–H and O–H groups in total. The van der Waals surface area contributed by atoms with Crippen LogP contribution in [-0.2, 0) is 0 Å². The molecule has 2 nitrogen and oxygen atoms in total. The highest BCUT2D eigenvalue weighted by Crippen LogP contribution is 2.40. The van der Waals surface area contributed by atoms with Crippen LogP contribution in [-0.4, -0.2) is 31.1 Å². The number of hydrogen-bond acceptors (Lipinski definition) is 2. The largest absolute Gasteiger partial charge is 0.314 e. The van der Waals surface area contributed by atoms with Crippen LogP contribution in [0.2, 0.25) is 0 Å². The Morgan fingerprint density at radius 2 is 1.95 bits per heavy atom. The Morgan fingerprint density at radius 3 is 2.58 bits per heavy atom. The fourth-order valence-corrected chi connectivity index (χ4v) is 3.34. The summed E-state index contributed by atoms with van der Waals surface area (Å²) in [5.74, 6) is 0.987. The zero-order valence-corrected chi connectivity index (χ0v) is 12.3. The van der Waals surface area contributed by atoms with Crippen molar-refractivity contribution in [2.45, 2.75) is 39.2 Å². The zero-order valence-electron chi connectivity index (χ0n) is 12.3. The highest BCUT2D eigenvalue weighted by Gasteiger charge is 2.30. The van der Waals surface area contributed by atoms with E-state index in [1.807, 2.05) is 0 Å². The summed E-state index contributed by atoms with van der Waals surface area (Å²) >= 11 is 0. The minimum atomic E-state index is 0.648. The average Bonchev–Trinajstić information content (AvgIpc) is 3.22. The molecule has 1 aliphatic carbocycles. The van der Waals surface area contributed by atoms with Gasteiger partial charge in [0.05, 0.1) is 0 Å². The third-order valence-electron chi connectivity index (χ3n) is 4.63. The quantitative estimate of drug-likeness (QED) is 0.893. The maximum Gasteiger partial charge on any atom is 0.0354 e. The third kappa shape index (κ3) is 3.18. The molecular formula is C17H26N2. The Morgan fingerprint density at radius 1 is 1.21 bits per heavy atom.